The Kier molecular flexibility index (Phi) is 5.64. The molecule has 33 heavy (non-hydrogen) atoms. The molecule has 0 radical (unpaired) electrons. The van der Waals surface area contributed by atoms with Gasteiger partial charge in [-0.2, -0.15) is 0 Å². The molecule has 3 amide bonds. The lowest BCUT2D eigenvalue weighted by Crippen LogP contribution is -2.59. The van der Waals surface area contributed by atoms with Crippen LogP contribution in [0.1, 0.15) is 57.8 Å². The molecule has 1 saturated carbocycles. The first-order chi connectivity index (χ1) is 15.8. The second kappa shape index (κ2) is 8.24. The first-order valence-corrected chi connectivity index (χ1v) is 13.0. The SMILES string of the molecule is CCC(C)(C)NC(=O)[C@@H]1N(C2CCCC2)C(=O)[C@H]2[C@H](C(=O)NCc3cccs3)[C@H]3C=C[C@@]12O3. The molecule has 2 saturated heterocycles. The largest absolute Gasteiger partial charge is 0.359 e. The van der Waals surface area contributed by atoms with Crippen LogP contribution >= 0.6 is 11.3 Å². The molecule has 178 valence electrons. The van der Waals surface area contributed by atoms with Crippen LogP contribution in [0.5, 0.6) is 0 Å². The van der Waals surface area contributed by atoms with Crippen LogP contribution in [0, 0.1) is 11.8 Å². The summed E-state index contributed by atoms with van der Waals surface area (Å²) >= 11 is 1.58. The topological polar surface area (TPSA) is 87.7 Å². The van der Waals surface area contributed by atoms with Gasteiger partial charge in [-0.05, 0) is 44.6 Å². The van der Waals surface area contributed by atoms with Crippen molar-refractivity contribution in [2.45, 2.75) is 88.7 Å². The molecule has 3 fully saturated rings. The lowest BCUT2D eigenvalue weighted by Gasteiger charge is -2.37. The van der Waals surface area contributed by atoms with Crippen molar-refractivity contribution in [2.75, 3.05) is 0 Å². The van der Waals surface area contributed by atoms with Gasteiger partial charge in [-0.15, -0.1) is 11.3 Å². The Balaban J connectivity index is 1.46. The van der Waals surface area contributed by atoms with Crippen molar-refractivity contribution in [3.05, 3.63) is 34.5 Å². The fourth-order valence-electron chi connectivity index (χ4n) is 5.98. The predicted octanol–water partition coefficient (Wildman–Crippen LogP) is 2.76. The Hall–Kier alpha value is -2.19. The minimum absolute atomic E-state index is 0.0174. The number of fused-ring (bicyclic) bond motifs is 1. The summed E-state index contributed by atoms with van der Waals surface area (Å²) in [5.74, 6) is -1.77. The average molecular weight is 472 g/mol. The molecule has 3 aliphatic heterocycles. The van der Waals surface area contributed by atoms with Gasteiger partial charge in [-0.1, -0.05) is 38.0 Å². The number of nitrogens with one attached hydrogen (secondary N) is 2. The second-order valence-electron chi connectivity index (χ2n) is 10.4. The lowest BCUT2D eigenvalue weighted by molar-refractivity contribution is -0.144. The molecule has 5 rings (SSSR count). The molecule has 1 spiro atoms. The van der Waals surface area contributed by atoms with Crippen LogP contribution in [0.3, 0.4) is 0 Å². The van der Waals surface area contributed by atoms with E-state index in [1.165, 1.54) is 0 Å². The van der Waals surface area contributed by atoms with Crippen LogP contribution in [0.4, 0.5) is 0 Å². The third-order valence-electron chi connectivity index (χ3n) is 7.94. The van der Waals surface area contributed by atoms with Gasteiger partial charge in [-0.3, -0.25) is 14.4 Å². The monoisotopic (exact) mass is 471 g/mol. The summed E-state index contributed by atoms with van der Waals surface area (Å²) in [6.45, 7) is 6.43. The number of nitrogens with zero attached hydrogens (tertiary/aromatic N) is 1. The maximum absolute atomic E-state index is 13.9. The van der Waals surface area contributed by atoms with E-state index in [1.807, 2.05) is 50.4 Å². The maximum atomic E-state index is 13.9. The molecule has 7 nitrogen and oxygen atoms in total. The molecule has 2 bridgehead atoms. The van der Waals surface area contributed by atoms with Gasteiger partial charge in [-0.25, -0.2) is 0 Å². The summed E-state index contributed by atoms with van der Waals surface area (Å²) in [4.78, 5) is 43.8. The normalized spacial score (nSPS) is 33.1. The van der Waals surface area contributed by atoms with Crippen molar-refractivity contribution < 1.29 is 19.1 Å². The molecule has 1 aliphatic carbocycles. The molecule has 0 aromatic carbocycles. The zero-order valence-electron chi connectivity index (χ0n) is 19.5. The summed E-state index contributed by atoms with van der Waals surface area (Å²) in [6, 6.07) is 3.19. The van der Waals surface area contributed by atoms with Crippen LogP contribution in [0.15, 0.2) is 29.7 Å². The highest BCUT2D eigenvalue weighted by Gasteiger charge is 2.73. The summed E-state index contributed by atoms with van der Waals surface area (Å²) < 4.78 is 6.40. The van der Waals surface area contributed by atoms with E-state index >= 15 is 0 Å². The van der Waals surface area contributed by atoms with Gasteiger partial charge >= 0.3 is 0 Å². The number of likely N-dealkylation sites (tertiary alicyclic amines) is 1. The molecular formula is C25H33N3O4S. The van der Waals surface area contributed by atoms with E-state index in [0.29, 0.717) is 6.54 Å². The van der Waals surface area contributed by atoms with Gasteiger partial charge < -0.3 is 20.3 Å². The number of ether oxygens (including phenoxy) is 1. The first kappa shape index (κ1) is 22.6. The second-order valence-corrected chi connectivity index (χ2v) is 11.4. The van der Waals surface area contributed by atoms with E-state index in [-0.39, 0.29) is 23.8 Å². The van der Waals surface area contributed by atoms with E-state index in [4.69, 9.17) is 4.74 Å². The number of rotatable bonds is 7. The van der Waals surface area contributed by atoms with Crippen LogP contribution in [0.2, 0.25) is 0 Å². The average Bonchev–Trinajstić information content (AvgIpc) is 3.59. The number of hydrogen-bond acceptors (Lipinski definition) is 5. The fourth-order valence-corrected chi connectivity index (χ4v) is 6.62. The van der Waals surface area contributed by atoms with Gasteiger partial charge in [0.15, 0.2) is 0 Å². The zero-order chi connectivity index (χ0) is 23.4. The van der Waals surface area contributed by atoms with E-state index in [1.54, 1.807) is 16.2 Å². The smallest absolute Gasteiger partial charge is 0.246 e. The van der Waals surface area contributed by atoms with E-state index in [2.05, 4.69) is 10.6 Å². The standard InChI is InChI=1S/C25H33N3O4S/c1-4-24(2,3)27-22(30)20-25-12-11-17(32-25)18(21(29)26-14-16-10-7-13-33-16)19(25)23(31)28(20)15-8-5-6-9-15/h7,10-13,15,17-20H,4-6,8-9,14H2,1-3H3,(H,26,29)(H,27,30)/t17-,18-,19-,20+,25+/m1/s1. The summed E-state index contributed by atoms with van der Waals surface area (Å²) in [5, 5.41) is 8.13. The third-order valence-corrected chi connectivity index (χ3v) is 8.82. The van der Waals surface area contributed by atoms with Crippen molar-refractivity contribution in [1.82, 2.24) is 15.5 Å². The number of thiophene rings is 1. The molecule has 4 aliphatic rings. The molecule has 8 heteroatoms. The van der Waals surface area contributed by atoms with Gasteiger partial charge in [0.25, 0.3) is 0 Å². The highest BCUT2D eigenvalue weighted by Crippen LogP contribution is 2.56. The van der Waals surface area contributed by atoms with Crippen molar-refractivity contribution in [1.29, 1.82) is 0 Å². The fraction of sp³-hybridized carbons (Fsp3) is 0.640. The zero-order valence-corrected chi connectivity index (χ0v) is 20.3. The van der Waals surface area contributed by atoms with Crippen LogP contribution < -0.4 is 10.6 Å². The lowest BCUT2D eigenvalue weighted by atomic mass is 9.74. The minimum Gasteiger partial charge on any atom is -0.359 e. The van der Waals surface area contributed by atoms with Crippen LogP contribution in [-0.2, 0) is 25.7 Å². The van der Waals surface area contributed by atoms with Gasteiger partial charge in [0.05, 0.1) is 24.5 Å². The summed E-state index contributed by atoms with van der Waals surface area (Å²) in [6.07, 6.45) is 7.92. The van der Waals surface area contributed by atoms with E-state index < -0.39 is 35.1 Å². The van der Waals surface area contributed by atoms with Crippen LogP contribution in [-0.4, -0.2) is 51.9 Å². The molecule has 4 heterocycles. The number of carbonyl (C=O) groups excluding carboxylic acids is 3. The molecule has 1 aromatic rings. The molecule has 1 aromatic heterocycles. The first-order valence-electron chi connectivity index (χ1n) is 12.1. The Morgan fingerprint density at radius 3 is 2.70 bits per heavy atom. The number of hydrogen-bond donors (Lipinski definition) is 2. The van der Waals surface area contributed by atoms with Gasteiger partial charge in [0.2, 0.25) is 17.7 Å². The Morgan fingerprint density at radius 2 is 2.03 bits per heavy atom. The third kappa shape index (κ3) is 3.62. The van der Waals surface area contributed by atoms with Crippen molar-refractivity contribution in [3.63, 3.8) is 0 Å². The maximum Gasteiger partial charge on any atom is 0.246 e. The molecule has 2 N–H and O–H groups in total. The Labute approximate surface area is 198 Å². The van der Waals surface area contributed by atoms with Crippen molar-refractivity contribution >= 4 is 29.1 Å². The quantitative estimate of drug-likeness (QED) is 0.599. The van der Waals surface area contributed by atoms with Crippen molar-refractivity contribution in [2.24, 2.45) is 11.8 Å². The van der Waals surface area contributed by atoms with Crippen LogP contribution in [0.25, 0.3) is 0 Å². The molecule has 5 atom stereocenters. The molecule has 0 unspecified atom stereocenters. The predicted molar refractivity (Wildman–Crippen MR) is 125 cm³/mol. The summed E-state index contributed by atoms with van der Waals surface area (Å²) in [7, 11) is 0. The Bertz CT molecular complexity index is 968. The van der Waals surface area contributed by atoms with Gasteiger partial charge in [0.1, 0.15) is 11.6 Å². The van der Waals surface area contributed by atoms with Gasteiger partial charge in [0, 0.05) is 16.5 Å². The number of amides is 3. The minimum atomic E-state index is -1.08. The number of carbonyl (C=O) groups is 3. The molecular weight excluding hydrogens is 438 g/mol. The highest BCUT2D eigenvalue weighted by molar-refractivity contribution is 7.09. The summed E-state index contributed by atoms with van der Waals surface area (Å²) in [5.41, 5.74) is -1.48. The Morgan fingerprint density at radius 1 is 1.27 bits per heavy atom. The van der Waals surface area contributed by atoms with E-state index in [9.17, 15) is 14.4 Å². The van der Waals surface area contributed by atoms with Crippen molar-refractivity contribution in [3.8, 4) is 0 Å². The van der Waals surface area contributed by atoms with E-state index in [0.717, 1.165) is 37.0 Å². The highest BCUT2D eigenvalue weighted by atomic mass is 32.1.